The summed E-state index contributed by atoms with van der Waals surface area (Å²) in [6.45, 7) is 3.97. The molecule has 0 aliphatic rings. The average molecular weight is 667 g/mol. The predicted molar refractivity (Wildman–Crippen MR) is 189 cm³/mol. The molecule has 0 fully saturated rings. The minimum atomic E-state index is -0.537. The first-order chi connectivity index (χ1) is 22.8. The highest BCUT2D eigenvalue weighted by Gasteiger charge is 2.21. The Labute approximate surface area is 281 Å². The van der Waals surface area contributed by atoms with Crippen molar-refractivity contribution >= 4 is 67.9 Å². The zero-order valence-electron chi connectivity index (χ0n) is 26.3. The van der Waals surface area contributed by atoms with Gasteiger partial charge in [0, 0.05) is 27.8 Å². The second-order valence-electron chi connectivity index (χ2n) is 10.5. The Bertz CT molecular complexity index is 1940. The molecule has 0 bridgehead atoms. The lowest BCUT2D eigenvalue weighted by Crippen LogP contribution is -2.30. The summed E-state index contributed by atoms with van der Waals surface area (Å²) in [6.07, 6.45) is 2.13. The molecule has 1 aromatic heterocycles. The van der Waals surface area contributed by atoms with E-state index in [1.54, 1.807) is 73.8 Å². The van der Waals surface area contributed by atoms with Crippen LogP contribution in [-0.2, 0) is 9.59 Å². The number of nitrogens with zero attached hydrogens (tertiary/aromatic N) is 1. The number of ether oxygens (including phenoxy) is 2. The molecule has 240 valence electrons. The van der Waals surface area contributed by atoms with E-state index < -0.39 is 17.1 Å². The number of thioether (sulfide) groups is 1. The first-order valence-corrected chi connectivity index (χ1v) is 16.5. The molecule has 0 aliphatic heterocycles. The number of carbonyl (C=O) groups excluding carboxylic acids is 3. The molecule has 4 aromatic carbocycles. The number of aryl methyl sites for hydroxylation is 1. The quantitative estimate of drug-likeness (QED) is 0.0930. The lowest BCUT2D eigenvalue weighted by atomic mass is 10.1. The maximum absolute atomic E-state index is 13.7. The highest BCUT2D eigenvalue weighted by atomic mass is 32.2. The first-order valence-electron chi connectivity index (χ1n) is 14.8. The molecule has 3 N–H and O–H groups in total. The lowest BCUT2D eigenvalue weighted by molar-refractivity contribution is -0.116. The van der Waals surface area contributed by atoms with Crippen LogP contribution in [0.15, 0.2) is 102 Å². The van der Waals surface area contributed by atoms with Crippen molar-refractivity contribution in [2.45, 2.75) is 30.4 Å². The van der Waals surface area contributed by atoms with Crippen molar-refractivity contribution in [1.29, 1.82) is 0 Å². The molecule has 0 saturated carbocycles. The number of benzene rings is 4. The van der Waals surface area contributed by atoms with Gasteiger partial charge in [0.15, 0.2) is 5.13 Å². The monoisotopic (exact) mass is 666 g/mol. The van der Waals surface area contributed by atoms with Gasteiger partial charge in [-0.1, -0.05) is 48.6 Å². The van der Waals surface area contributed by atoms with Crippen LogP contribution in [0.1, 0.15) is 34.8 Å². The molecule has 47 heavy (non-hydrogen) atoms. The van der Waals surface area contributed by atoms with E-state index in [1.165, 1.54) is 30.2 Å². The van der Waals surface area contributed by atoms with Gasteiger partial charge in [-0.2, -0.15) is 0 Å². The number of nitrogens with one attached hydrogen (secondary N) is 3. The molecule has 5 aromatic rings. The summed E-state index contributed by atoms with van der Waals surface area (Å²) in [5, 5.41) is 8.77. The third-order valence-electron chi connectivity index (χ3n) is 7.08. The number of anilines is 2. The van der Waals surface area contributed by atoms with Crippen LogP contribution in [0.5, 0.6) is 11.5 Å². The van der Waals surface area contributed by atoms with Crippen molar-refractivity contribution in [3.05, 3.63) is 113 Å². The van der Waals surface area contributed by atoms with Gasteiger partial charge in [-0.25, -0.2) is 4.98 Å². The number of amides is 3. The SMILES string of the molecule is CCC(Sc1cccc(NC(=O)/C(=C\c2ccc(OC)cc2OC)NC(=O)c2ccccc2)c1)C(=O)Nc1nc2ccc(C)cc2s1. The van der Waals surface area contributed by atoms with Crippen molar-refractivity contribution in [1.82, 2.24) is 10.3 Å². The fourth-order valence-corrected chi connectivity index (χ4v) is 6.62. The number of rotatable bonds is 12. The molecule has 1 heterocycles. The van der Waals surface area contributed by atoms with Crippen LogP contribution in [0.2, 0.25) is 0 Å². The van der Waals surface area contributed by atoms with Gasteiger partial charge in [-0.15, -0.1) is 11.8 Å². The summed E-state index contributed by atoms with van der Waals surface area (Å²) >= 11 is 2.84. The van der Waals surface area contributed by atoms with E-state index in [2.05, 4.69) is 27.0 Å². The number of methoxy groups -OCH3 is 2. The molecule has 11 heteroatoms. The summed E-state index contributed by atoms with van der Waals surface area (Å²) in [4.78, 5) is 45.3. The van der Waals surface area contributed by atoms with E-state index in [0.717, 1.165) is 20.7 Å². The summed E-state index contributed by atoms with van der Waals surface area (Å²) in [7, 11) is 3.06. The molecule has 3 amide bonds. The van der Waals surface area contributed by atoms with E-state index in [0.29, 0.717) is 39.9 Å². The van der Waals surface area contributed by atoms with Gasteiger partial charge in [0.2, 0.25) is 5.91 Å². The topological polar surface area (TPSA) is 119 Å². The van der Waals surface area contributed by atoms with Gasteiger partial charge in [0.1, 0.15) is 17.2 Å². The van der Waals surface area contributed by atoms with E-state index in [9.17, 15) is 14.4 Å². The number of aromatic nitrogens is 1. The lowest BCUT2D eigenvalue weighted by Gasteiger charge is -2.15. The number of thiazole rings is 1. The highest BCUT2D eigenvalue weighted by molar-refractivity contribution is 8.00. The zero-order chi connectivity index (χ0) is 33.3. The Morgan fingerprint density at radius 1 is 0.915 bits per heavy atom. The maximum Gasteiger partial charge on any atom is 0.272 e. The van der Waals surface area contributed by atoms with Crippen LogP contribution in [0.25, 0.3) is 16.3 Å². The van der Waals surface area contributed by atoms with Gasteiger partial charge in [0.25, 0.3) is 11.8 Å². The van der Waals surface area contributed by atoms with Crippen LogP contribution in [0, 0.1) is 6.92 Å². The van der Waals surface area contributed by atoms with Crippen molar-refractivity contribution in [2.75, 3.05) is 24.9 Å². The fourth-order valence-electron chi connectivity index (χ4n) is 4.64. The Morgan fingerprint density at radius 2 is 1.72 bits per heavy atom. The molecule has 1 atom stereocenters. The molecule has 9 nitrogen and oxygen atoms in total. The van der Waals surface area contributed by atoms with Crippen LogP contribution in [-0.4, -0.2) is 42.2 Å². The Balaban J connectivity index is 1.33. The number of hydrogen-bond donors (Lipinski definition) is 3. The number of fused-ring (bicyclic) bond motifs is 1. The zero-order valence-corrected chi connectivity index (χ0v) is 28.0. The van der Waals surface area contributed by atoms with E-state index in [-0.39, 0.29) is 11.6 Å². The normalized spacial score (nSPS) is 11.9. The molecule has 0 radical (unpaired) electrons. The smallest absolute Gasteiger partial charge is 0.272 e. The van der Waals surface area contributed by atoms with Gasteiger partial charge < -0.3 is 25.4 Å². The second kappa shape index (κ2) is 15.4. The molecule has 0 saturated heterocycles. The largest absolute Gasteiger partial charge is 0.497 e. The Morgan fingerprint density at radius 3 is 2.47 bits per heavy atom. The van der Waals surface area contributed by atoms with Crippen LogP contribution in [0.3, 0.4) is 0 Å². The molecule has 0 aliphatic carbocycles. The first kappa shape index (κ1) is 33.2. The van der Waals surface area contributed by atoms with Crippen LogP contribution >= 0.6 is 23.1 Å². The summed E-state index contributed by atoms with van der Waals surface area (Å²) in [6, 6.07) is 27.0. The highest BCUT2D eigenvalue weighted by Crippen LogP contribution is 2.31. The average Bonchev–Trinajstić information content (AvgIpc) is 3.48. The molecule has 1 unspecified atom stereocenters. The van der Waals surface area contributed by atoms with Gasteiger partial charge in [-0.3, -0.25) is 14.4 Å². The van der Waals surface area contributed by atoms with Crippen LogP contribution in [0.4, 0.5) is 10.8 Å². The van der Waals surface area contributed by atoms with Gasteiger partial charge >= 0.3 is 0 Å². The minimum Gasteiger partial charge on any atom is -0.497 e. The summed E-state index contributed by atoms with van der Waals surface area (Å²) in [5.74, 6) is -0.0762. The van der Waals surface area contributed by atoms with Crippen molar-refractivity contribution in [2.24, 2.45) is 0 Å². The Kier molecular flexibility index (Phi) is 10.9. The summed E-state index contributed by atoms with van der Waals surface area (Å²) in [5.41, 5.74) is 3.45. The predicted octanol–water partition coefficient (Wildman–Crippen LogP) is 7.54. The molecule has 5 rings (SSSR count). The van der Waals surface area contributed by atoms with Crippen molar-refractivity contribution in [3.8, 4) is 11.5 Å². The maximum atomic E-state index is 13.7. The fraction of sp³-hybridized carbons (Fsp3) is 0.167. The molecule has 0 spiro atoms. The van der Waals surface area contributed by atoms with E-state index >= 15 is 0 Å². The Hall–Kier alpha value is -5.13. The molecular weight excluding hydrogens is 633 g/mol. The third kappa shape index (κ3) is 8.57. The van der Waals surface area contributed by atoms with Gasteiger partial charge in [0.05, 0.1) is 29.7 Å². The van der Waals surface area contributed by atoms with Crippen LogP contribution < -0.4 is 25.4 Å². The van der Waals surface area contributed by atoms with Crippen molar-refractivity contribution < 1.29 is 23.9 Å². The second-order valence-corrected chi connectivity index (χ2v) is 12.8. The van der Waals surface area contributed by atoms with Gasteiger partial charge in [-0.05, 0) is 79.6 Å². The minimum absolute atomic E-state index is 0.0113. The van der Waals surface area contributed by atoms with Crippen molar-refractivity contribution in [3.63, 3.8) is 0 Å². The third-order valence-corrected chi connectivity index (χ3v) is 9.37. The number of carbonyl (C=O) groups is 3. The molecular formula is C36H34N4O5S2. The van der Waals surface area contributed by atoms with E-state index in [4.69, 9.17) is 9.47 Å². The van der Waals surface area contributed by atoms with E-state index in [1.807, 2.05) is 38.1 Å². The number of hydrogen-bond acceptors (Lipinski definition) is 8. The standard InChI is InChI=1S/C36H34N4O5S2/c1-5-31(35(43)40-36-39-28-17-14-22(2)18-32(28)47-36)46-27-13-9-12-25(20-27)37-34(42)29(38-33(41)23-10-7-6-8-11-23)19-24-15-16-26(44-3)21-30(24)45-4/h6-21,31H,5H2,1-4H3,(H,37,42)(H,38,41)(H,39,40,43)/b29-19+. The summed E-state index contributed by atoms with van der Waals surface area (Å²) < 4.78 is 11.8.